The average molecular weight is 485 g/mol. The first-order valence-electron chi connectivity index (χ1n) is 11.2. The normalized spacial score (nSPS) is 18.8. The molecule has 0 spiro atoms. The summed E-state index contributed by atoms with van der Waals surface area (Å²) in [4.78, 5) is 21.5. The van der Waals surface area contributed by atoms with Gasteiger partial charge >= 0.3 is 0 Å². The molecular formula is C23H28N6O4S. The van der Waals surface area contributed by atoms with E-state index in [0.29, 0.717) is 69.6 Å². The maximum absolute atomic E-state index is 12.8. The predicted molar refractivity (Wildman–Crippen MR) is 127 cm³/mol. The molecule has 2 aliphatic rings. The van der Waals surface area contributed by atoms with Gasteiger partial charge in [0.15, 0.2) is 0 Å². The third-order valence-electron chi connectivity index (χ3n) is 6.20. The summed E-state index contributed by atoms with van der Waals surface area (Å²) in [6.07, 6.45) is 1.41. The largest absolute Gasteiger partial charge is 0.379 e. The number of sulfonamides is 1. The van der Waals surface area contributed by atoms with Gasteiger partial charge in [-0.25, -0.2) is 13.4 Å². The first-order valence-corrected chi connectivity index (χ1v) is 12.7. The van der Waals surface area contributed by atoms with Crippen LogP contribution in [0.1, 0.15) is 12.5 Å². The highest BCUT2D eigenvalue weighted by atomic mass is 32.2. The highest BCUT2D eigenvalue weighted by Gasteiger charge is 2.28. The summed E-state index contributed by atoms with van der Waals surface area (Å²) in [5.41, 5.74) is 0.940. The molecule has 2 aliphatic heterocycles. The van der Waals surface area contributed by atoms with Crippen LogP contribution in [0.15, 0.2) is 47.5 Å². The molecule has 0 radical (unpaired) electrons. The maximum atomic E-state index is 12.8. The highest BCUT2D eigenvalue weighted by Crippen LogP contribution is 2.21. The Morgan fingerprint density at radius 1 is 1.09 bits per heavy atom. The molecule has 1 N–H and O–H groups in total. The minimum Gasteiger partial charge on any atom is -0.379 e. The number of hydrogen-bond donors (Lipinski definition) is 1. The number of nitrogens with zero attached hydrogens (tertiary/aromatic N) is 5. The molecule has 0 aliphatic carbocycles. The summed E-state index contributed by atoms with van der Waals surface area (Å²) < 4.78 is 32.2. The van der Waals surface area contributed by atoms with Gasteiger partial charge in [0.05, 0.1) is 30.5 Å². The van der Waals surface area contributed by atoms with Crippen molar-refractivity contribution < 1.29 is 17.9 Å². The number of hydrogen-bond acceptors (Lipinski definition) is 8. The van der Waals surface area contributed by atoms with Crippen molar-refractivity contribution in [2.45, 2.75) is 17.9 Å². The van der Waals surface area contributed by atoms with E-state index in [1.54, 1.807) is 36.4 Å². The quantitative estimate of drug-likeness (QED) is 0.648. The number of pyridine rings is 1. The summed E-state index contributed by atoms with van der Waals surface area (Å²) >= 11 is 0. The number of rotatable bonds is 6. The van der Waals surface area contributed by atoms with Crippen LogP contribution < -0.4 is 10.2 Å². The van der Waals surface area contributed by atoms with Gasteiger partial charge in [-0.3, -0.25) is 9.69 Å². The molecule has 0 bridgehead atoms. The Hall–Kier alpha value is -3.04. The summed E-state index contributed by atoms with van der Waals surface area (Å²) in [5, 5.41) is 12.1. The zero-order chi connectivity index (χ0) is 24.1. The number of carbonyl (C=O) groups excluding carboxylic acids is 1. The Morgan fingerprint density at radius 2 is 1.79 bits per heavy atom. The van der Waals surface area contributed by atoms with E-state index in [0.717, 1.165) is 0 Å². The lowest BCUT2D eigenvalue weighted by molar-refractivity contribution is -0.120. The van der Waals surface area contributed by atoms with Crippen LogP contribution >= 0.6 is 0 Å². The molecule has 1 amide bonds. The van der Waals surface area contributed by atoms with Gasteiger partial charge in [0.1, 0.15) is 16.8 Å². The van der Waals surface area contributed by atoms with Crippen LogP contribution in [0.4, 0.5) is 11.5 Å². The molecule has 1 aromatic carbocycles. The van der Waals surface area contributed by atoms with Crippen molar-refractivity contribution in [1.29, 1.82) is 5.26 Å². The minimum absolute atomic E-state index is 0.160. The molecule has 1 aromatic heterocycles. The molecule has 11 heteroatoms. The number of para-hydroxylation sites is 1. The number of morpholine rings is 1. The van der Waals surface area contributed by atoms with Gasteiger partial charge in [-0.05, 0) is 31.2 Å². The number of piperazine rings is 1. The predicted octanol–water partition coefficient (Wildman–Crippen LogP) is 1.12. The first kappa shape index (κ1) is 24.1. The fourth-order valence-corrected chi connectivity index (χ4v) is 5.43. The van der Waals surface area contributed by atoms with Crippen molar-refractivity contribution in [2.75, 3.05) is 62.7 Å². The third-order valence-corrected chi connectivity index (χ3v) is 8.08. The van der Waals surface area contributed by atoms with Crippen molar-refractivity contribution in [3.63, 3.8) is 0 Å². The molecule has 1 unspecified atom stereocenters. The van der Waals surface area contributed by atoms with E-state index in [9.17, 15) is 18.5 Å². The van der Waals surface area contributed by atoms with Gasteiger partial charge in [-0.1, -0.05) is 12.1 Å². The first-order chi connectivity index (χ1) is 16.4. The number of anilines is 2. The van der Waals surface area contributed by atoms with Gasteiger partial charge in [-0.15, -0.1) is 0 Å². The second-order valence-electron chi connectivity index (χ2n) is 8.21. The number of amides is 1. The molecular weight excluding hydrogens is 456 g/mol. The number of nitrogens with one attached hydrogen (secondary N) is 1. The summed E-state index contributed by atoms with van der Waals surface area (Å²) in [6, 6.07) is 12.0. The Bertz CT molecular complexity index is 1150. The van der Waals surface area contributed by atoms with Crippen LogP contribution in [-0.2, 0) is 19.6 Å². The number of carbonyl (C=O) groups is 1. The molecule has 3 heterocycles. The van der Waals surface area contributed by atoms with Crippen molar-refractivity contribution in [3.05, 3.63) is 48.2 Å². The Kier molecular flexibility index (Phi) is 7.43. The van der Waals surface area contributed by atoms with E-state index >= 15 is 0 Å². The van der Waals surface area contributed by atoms with Gasteiger partial charge in [0.2, 0.25) is 15.9 Å². The number of benzene rings is 1. The summed E-state index contributed by atoms with van der Waals surface area (Å²) in [7, 11) is -3.57. The SMILES string of the molecule is CC(C(=O)Nc1ccccc1C#N)N1CCN(c2ccc(S(=O)(=O)N3CCOCC3)cn2)CC1. The highest BCUT2D eigenvalue weighted by molar-refractivity contribution is 7.89. The van der Waals surface area contributed by atoms with Crippen LogP contribution in [-0.4, -0.2) is 87.0 Å². The lowest BCUT2D eigenvalue weighted by Crippen LogP contribution is -2.53. The van der Waals surface area contributed by atoms with Crippen LogP contribution in [0.2, 0.25) is 0 Å². The van der Waals surface area contributed by atoms with E-state index in [2.05, 4.69) is 26.2 Å². The zero-order valence-corrected chi connectivity index (χ0v) is 19.9. The third kappa shape index (κ3) is 5.20. The van der Waals surface area contributed by atoms with Crippen LogP contribution in [0.25, 0.3) is 0 Å². The van der Waals surface area contributed by atoms with Gasteiger partial charge in [0.25, 0.3) is 0 Å². The molecule has 10 nitrogen and oxygen atoms in total. The Balaban J connectivity index is 1.33. The lowest BCUT2D eigenvalue weighted by atomic mass is 10.1. The van der Waals surface area contributed by atoms with E-state index in [-0.39, 0.29) is 16.8 Å². The fraction of sp³-hybridized carbons (Fsp3) is 0.435. The van der Waals surface area contributed by atoms with E-state index in [4.69, 9.17) is 4.74 Å². The van der Waals surface area contributed by atoms with Gasteiger partial charge in [-0.2, -0.15) is 9.57 Å². The van der Waals surface area contributed by atoms with E-state index in [1.165, 1.54) is 10.5 Å². The maximum Gasteiger partial charge on any atom is 0.244 e. The molecule has 180 valence electrons. The number of aromatic nitrogens is 1. The number of ether oxygens (including phenoxy) is 1. The molecule has 2 aromatic rings. The van der Waals surface area contributed by atoms with E-state index < -0.39 is 10.0 Å². The van der Waals surface area contributed by atoms with E-state index in [1.807, 2.05) is 6.92 Å². The topological polar surface area (TPSA) is 119 Å². The smallest absolute Gasteiger partial charge is 0.244 e. The van der Waals surface area contributed by atoms with Crippen LogP contribution in [0.5, 0.6) is 0 Å². The lowest BCUT2D eigenvalue weighted by Gasteiger charge is -2.38. The molecule has 2 fully saturated rings. The van der Waals surface area contributed by atoms with Crippen LogP contribution in [0, 0.1) is 11.3 Å². The standard InChI is InChI=1S/C23H28N6O4S/c1-18(23(30)26-21-5-3-2-4-19(21)16-24)27-8-10-28(11-9-27)22-7-6-20(17-25-22)34(31,32)29-12-14-33-15-13-29/h2-7,17-18H,8-15H2,1H3,(H,26,30). The van der Waals surface area contributed by atoms with Crippen molar-refractivity contribution in [1.82, 2.24) is 14.2 Å². The molecule has 34 heavy (non-hydrogen) atoms. The van der Waals surface area contributed by atoms with Gasteiger partial charge in [0, 0.05) is 45.5 Å². The van der Waals surface area contributed by atoms with Crippen LogP contribution in [0.3, 0.4) is 0 Å². The van der Waals surface area contributed by atoms with Gasteiger partial charge < -0.3 is 15.0 Å². The van der Waals surface area contributed by atoms with Crippen molar-refractivity contribution in [2.24, 2.45) is 0 Å². The zero-order valence-electron chi connectivity index (χ0n) is 19.1. The molecule has 4 rings (SSSR count). The minimum atomic E-state index is -3.57. The fourth-order valence-electron chi connectivity index (χ4n) is 4.08. The second-order valence-corrected chi connectivity index (χ2v) is 10.2. The average Bonchev–Trinajstić information content (AvgIpc) is 2.89. The molecule has 2 saturated heterocycles. The number of nitriles is 1. The van der Waals surface area contributed by atoms with Crippen molar-refractivity contribution >= 4 is 27.4 Å². The Morgan fingerprint density at radius 3 is 2.44 bits per heavy atom. The summed E-state index contributed by atoms with van der Waals surface area (Å²) in [6.45, 7) is 5.98. The Labute approximate surface area is 199 Å². The molecule has 1 atom stereocenters. The molecule has 0 saturated carbocycles. The monoisotopic (exact) mass is 484 g/mol. The second kappa shape index (κ2) is 10.5. The van der Waals surface area contributed by atoms with Crippen molar-refractivity contribution in [3.8, 4) is 6.07 Å². The summed E-state index contributed by atoms with van der Waals surface area (Å²) in [5.74, 6) is 0.549.